The van der Waals surface area contributed by atoms with E-state index in [0.717, 1.165) is 12.8 Å². The van der Waals surface area contributed by atoms with Crippen LogP contribution in [0.5, 0.6) is 0 Å². The Kier molecular flexibility index (Phi) is 5.74. The first-order valence-corrected chi connectivity index (χ1v) is 11.5. The van der Waals surface area contributed by atoms with E-state index in [9.17, 15) is 13.2 Å². The van der Waals surface area contributed by atoms with Gasteiger partial charge in [-0.05, 0) is 76.3 Å². The number of carbonyl (C=O) groups is 1. The van der Waals surface area contributed by atoms with Gasteiger partial charge in [-0.3, -0.25) is 4.79 Å². The van der Waals surface area contributed by atoms with Gasteiger partial charge in [0.2, 0.25) is 10.0 Å². The average Bonchev–Trinajstić information content (AvgIpc) is 2.84. The van der Waals surface area contributed by atoms with Gasteiger partial charge in [0.1, 0.15) is 0 Å². The van der Waals surface area contributed by atoms with Crippen LogP contribution in [0, 0.1) is 0 Å². The minimum atomic E-state index is -3.65. The minimum Gasteiger partial charge on any atom is -0.321 e. The van der Waals surface area contributed by atoms with Crippen molar-refractivity contribution < 1.29 is 13.2 Å². The third kappa shape index (κ3) is 5.18. The Labute approximate surface area is 165 Å². The van der Waals surface area contributed by atoms with Gasteiger partial charge in [-0.2, -0.15) is 0 Å². The monoisotopic (exact) mass is 406 g/mol. The van der Waals surface area contributed by atoms with Gasteiger partial charge < -0.3 is 5.32 Å². The molecule has 0 unspecified atom stereocenters. The highest BCUT2D eigenvalue weighted by Gasteiger charge is 2.22. The molecule has 0 radical (unpaired) electrons. The number of thiophene rings is 1. The molecule has 3 rings (SSSR count). The molecule has 146 valence electrons. The highest BCUT2D eigenvalue weighted by Crippen LogP contribution is 2.29. The Morgan fingerprint density at radius 3 is 2.56 bits per heavy atom. The molecule has 0 aliphatic heterocycles. The summed E-state index contributed by atoms with van der Waals surface area (Å²) in [5, 5.41) is 2.84. The quantitative estimate of drug-likeness (QED) is 0.742. The number of fused-ring (bicyclic) bond motifs is 1. The highest BCUT2D eigenvalue weighted by atomic mass is 32.2. The maximum absolute atomic E-state index is 12.6. The predicted octanol–water partition coefficient (Wildman–Crippen LogP) is 4.35. The van der Waals surface area contributed by atoms with Gasteiger partial charge in [0.25, 0.3) is 5.91 Å². The molecule has 1 aromatic heterocycles. The Morgan fingerprint density at radius 1 is 1.07 bits per heavy atom. The van der Waals surface area contributed by atoms with Crippen LogP contribution in [-0.2, 0) is 22.9 Å². The van der Waals surface area contributed by atoms with Gasteiger partial charge in [0.05, 0.1) is 9.77 Å². The van der Waals surface area contributed by atoms with Crippen LogP contribution in [0.1, 0.15) is 60.1 Å². The van der Waals surface area contributed by atoms with E-state index in [-0.39, 0.29) is 10.8 Å². The van der Waals surface area contributed by atoms with E-state index in [2.05, 4.69) is 10.0 Å². The number of hydrogen-bond acceptors (Lipinski definition) is 4. The molecule has 27 heavy (non-hydrogen) atoms. The molecule has 0 saturated carbocycles. The van der Waals surface area contributed by atoms with Crippen molar-refractivity contribution >= 4 is 33.0 Å². The highest BCUT2D eigenvalue weighted by molar-refractivity contribution is 7.89. The van der Waals surface area contributed by atoms with Crippen molar-refractivity contribution in [3.63, 3.8) is 0 Å². The van der Waals surface area contributed by atoms with Crippen molar-refractivity contribution in [2.24, 2.45) is 0 Å². The summed E-state index contributed by atoms with van der Waals surface area (Å²) in [7, 11) is -3.65. The first-order chi connectivity index (χ1) is 12.6. The predicted molar refractivity (Wildman–Crippen MR) is 110 cm³/mol. The number of rotatable bonds is 4. The van der Waals surface area contributed by atoms with Crippen molar-refractivity contribution in [1.82, 2.24) is 4.72 Å². The fourth-order valence-corrected chi connectivity index (χ4v) is 5.79. The van der Waals surface area contributed by atoms with Crippen LogP contribution in [-0.4, -0.2) is 19.9 Å². The van der Waals surface area contributed by atoms with Gasteiger partial charge in [-0.25, -0.2) is 13.1 Å². The number of benzene rings is 1. The van der Waals surface area contributed by atoms with Crippen LogP contribution in [0.15, 0.2) is 35.2 Å². The molecule has 5 nitrogen and oxygen atoms in total. The fraction of sp³-hybridized carbons (Fsp3) is 0.450. The Bertz CT molecular complexity index is 917. The van der Waals surface area contributed by atoms with Crippen LogP contribution in [0.2, 0.25) is 0 Å². The molecule has 0 bridgehead atoms. The van der Waals surface area contributed by atoms with Gasteiger partial charge >= 0.3 is 0 Å². The summed E-state index contributed by atoms with van der Waals surface area (Å²) in [5.41, 5.74) is 1.18. The SMILES string of the molecule is CC(C)(C)NS(=O)(=O)c1cccc(NC(=O)c2cc3c(s2)CCCCC3)c1. The topological polar surface area (TPSA) is 75.3 Å². The summed E-state index contributed by atoms with van der Waals surface area (Å²) < 4.78 is 27.6. The van der Waals surface area contributed by atoms with Gasteiger partial charge in [-0.15, -0.1) is 11.3 Å². The minimum absolute atomic E-state index is 0.136. The molecule has 0 spiro atoms. The number of nitrogens with one attached hydrogen (secondary N) is 2. The molecule has 1 aliphatic rings. The molecule has 1 heterocycles. The number of hydrogen-bond donors (Lipinski definition) is 2. The molecule has 2 aromatic rings. The van der Waals surface area contributed by atoms with Crippen molar-refractivity contribution in [2.45, 2.75) is 63.3 Å². The van der Waals surface area contributed by atoms with Crippen molar-refractivity contribution in [2.75, 3.05) is 5.32 Å². The van der Waals surface area contributed by atoms with Crippen molar-refractivity contribution in [3.8, 4) is 0 Å². The molecule has 7 heteroatoms. The number of sulfonamides is 1. The lowest BCUT2D eigenvalue weighted by molar-refractivity contribution is 0.103. The molecule has 0 atom stereocenters. The van der Waals surface area contributed by atoms with Crippen LogP contribution >= 0.6 is 11.3 Å². The zero-order valence-electron chi connectivity index (χ0n) is 16.0. The summed E-state index contributed by atoms with van der Waals surface area (Å²) in [6, 6.07) is 8.34. The molecule has 0 fully saturated rings. The standard InChI is InChI=1S/C20H26N2O3S2/c1-20(2,3)22-27(24,25)16-10-7-9-15(13-16)21-19(23)18-12-14-8-5-4-6-11-17(14)26-18/h7,9-10,12-13,22H,4-6,8,11H2,1-3H3,(H,21,23). The largest absolute Gasteiger partial charge is 0.321 e. The Balaban J connectivity index is 1.77. The van der Waals surface area contributed by atoms with E-state index in [1.165, 1.54) is 41.8 Å². The molecule has 1 amide bonds. The second-order valence-electron chi connectivity index (χ2n) is 7.96. The van der Waals surface area contributed by atoms with Gasteiger partial charge in [-0.1, -0.05) is 12.5 Å². The zero-order valence-corrected chi connectivity index (χ0v) is 17.6. The number of amides is 1. The lowest BCUT2D eigenvalue weighted by atomic mass is 10.1. The summed E-state index contributed by atoms with van der Waals surface area (Å²) in [4.78, 5) is 14.8. The third-order valence-corrected chi connectivity index (χ3v) is 7.30. The number of carbonyl (C=O) groups excluding carboxylic acids is 1. The first kappa shape index (κ1) is 20.0. The zero-order chi connectivity index (χ0) is 19.7. The maximum atomic E-state index is 12.6. The van der Waals surface area contributed by atoms with E-state index < -0.39 is 15.6 Å². The van der Waals surface area contributed by atoms with Crippen LogP contribution < -0.4 is 10.0 Å². The van der Waals surface area contributed by atoms with Crippen molar-refractivity contribution in [3.05, 3.63) is 45.6 Å². The summed E-state index contributed by atoms with van der Waals surface area (Å²) in [5.74, 6) is -0.189. The molecule has 1 aromatic carbocycles. The molecular formula is C20H26N2O3S2. The Morgan fingerprint density at radius 2 is 1.81 bits per heavy atom. The van der Waals surface area contributed by atoms with E-state index >= 15 is 0 Å². The van der Waals surface area contributed by atoms with E-state index in [0.29, 0.717) is 10.6 Å². The van der Waals surface area contributed by atoms with Gasteiger partial charge in [0, 0.05) is 16.1 Å². The second kappa shape index (κ2) is 7.73. The summed E-state index contributed by atoms with van der Waals surface area (Å²) in [6.07, 6.45) is 5.67. The summed E-state index contributed by atoms with van der Waals surface area (Å²) in [6.45, 7) is 5.37. The number of anilines is 1. The molecular weight excluding hydrogens is 380 g/mol. The summed E-state index contributed by atoms with van der Waals surface area (Å²) >= 11 is 1.55. The van der Waals surface area contributed by atoms with E-state index in [1.54, 1.807) is 44.2 Å². The normalized spacial score (nSPS) is 15.1. The van der Waals surface area contributed by atoms with E-state index in [1.807, 2.05) is 6.07 Å². The fourth-order valence-electron chi connectivity index (χ4n) is 3.18. The average molecular weight is 407 g/mol. The Hall–Kier alpha value is -1.70. The molecule has 2 N–H and O–H groups in total. The van der Waals surface area contributed by atoms with Crippen LogP contribution in [0.3, 0.4) is 0 Å². The van der Waals surface area contributed by atoms with Crippen molar-refractivity contribution in [1.29, 1.82) is 0 Å². The van der Waals surface area contributed by atoms with Crippen LogP contribution in [0.25, 0.3) is 0 Å². The lowest BCUT2D eigenvalue weighted by Crippen LogP contribution is -2.40. The third-order valence-electron chi connectivity index (χ3n) is 4.31. The van der Waals surface area contributed by atoms with E-state index in [4.69, 9.17) is 0 Å². The van der Waals surface area contributed by atoms with Gasteiger partial charge in [0.15, 0.2) is 0 Å². The molecule has 1 aliphatic carbocycles. The smallest absolute Gasteiger partial charge is 0.265 e. The van der Waals surface area contributed by atoms with Crippen LogP contribution in [0.4, 0.5) is 5.69 Å². The maximum Gasteiger partial charge on any atom is 0.265 e. The number of aryl methyl sites for hydroxylation is 2. The lowest BCUT2D eigenvalue weighted by Gasteiger charge is -2.20. The molecule has 0 saturated heterocycles. The second-order valence-corrected chi connectivity index (χ2v) is 10.8. The first-order valence-electron chi connectivity index (χ1n) is 9.21.